The highest BCUT2D eigenvalue weighted by Gasteiger charge is 2.39. The molecule has 0 bridgehead atoms. The van der Waals surface area contributed by atoms with Crippen LogP contribution < -0.4 is 5.56 Å². The predicted octanol–water partition coefficient (Wildman–Crippen LogP) is 5.50. The van der Waals surface area contributed by atoms with Crippen molar-refractivity contribution in [1.29, 1.82) is 0 Å². The van der Waals surface area contributed by atoms with Crippen LogP contribution in [-0.2, 0) is 11.3 Å². The van der Waals surface area contributed by atoms with E-state index < -0.39 is 11.7 Å². The Labute approximate surface area is 182 Å². The maximum Gasteiger partial charge on any atom is 0.410 e. The zero-order valence-corrected chi connectivity index (χ0v) is 19.0. The number of unbranched alkanes of at least 4 members (excludes halogenated alkanes) is 1. The second-order valence-corrected chi connectivity index (χ2v) is 9.32. The molecule has 0 saturated carbocycles. The van der Waals surface area contributed by atoms with Crippen molar-refractivity contribution in [2.24, 2.45) is 0 Å². The number of benzene rings is 1. The van der Waals surface area contributed by atoms with Crippen molar-refractivity contribution in [3.8, 4) is 11.4 Å². The number of hydrogen-bond acceptors (Lipinski definition) is 4. The molecule has 0 radical (unpaired) electrons. The van der Waals surface area contributed by atoms with Crippen molar-refractivity contribution in [1.82, 2.24) is 14.9 Å². The minimum atomic E-state index is -0.598. The number of fused-ring (bicyclic) bond motifs is 1. The molecule has 0 saturated heterocycles. The highest BCUT2D eigenvalue weighted by molar-refractivity contribution is 6.30. The van der Waals surface area contributed by atoms with Gasteiger partial charge in [0, 0.05) is 22.5 Å². The molecule has 0 aliphatic carbocycles. The third kappa shape index (κ3) is 4.86. The van der Waals surface area contributed by atoms with Gasteiger partial charge in [0.2, 0.25) is 0 Å². The molecule has 1 aliphatic heterocycles. The Bertz CT molecular complexity index is 963. The SMILES string of the molecule is CCCC[C@@H]1c2nc(-c3ccc(Cl)cc3)[nH]c(=O)c2CN(C(=O)OC(C)(C)C)[C@H]1C. The molecule has 1 aromatic carbocycles. The summed E-state index contributed by atoms with van der Waals surface area (Å²) in [4.78, 5) is 35.2. The quantitative estimate of drug-likeness (QED) is 0.693. The number of amides is 1. The van der Waals surface area contributed by atoms with Gasteiger partial charge in [-0.1, -0.05) is 31.4 Å². The molecule has 0 unspecified atom stereocenters. The van der Waals surface area contributed by atoms with Crippen molar-refractivity contribution in [3.63, 3.8) is 0 Å². The van der Waals surface area contributed by atoms with E-state index in [1.807, 2.05) is 39.8 Å². The fourth-order valence-electron chi connectivity index (χ4n) is 3.83. The number of aromatic nitrogens is 2. The number of carbonyl (C=O) groups excluding carboxylic acids is 1. The van der Waals surface area contributed by atoms with E-state index in [0.29, 0.717) is 16.4 Å². The number of H-pyrrole nitrogens is 1. The Balaban J connectivity index is 2.04. The lowest BCUT2D eigenvalue weighted by atomic mass is 9.85. The van der Waals surface area contributed by atoms with Gasteiger partial charge < -0.3 is 14.6 Å². The van der Waals surface area contributed by atoms with Crippen LogP contribution in [0.5, 0.6) is 0 Å². The first-order chi connectivity index (χ1) is 14.1. The average Bonchev–Trinajstić information content (AvgIpc) is 2.66. The van der Waals surface area contributed by atoms with Crippen molar-refractivity contribution in [2.75, 3.05) is 0 Å². The average molecular weight is 432 g/mol. The van der Waals surface area contributed by atoms with E-state index >= 15 is 0 Å². The van der Waals surface area contributed by atoms with Gasteiger partial charge in [0.05, 0.1) is 17.8 Å². The topological polar surface area (TPSA) is 75.3 Å². The third-order valence-electron chi connectivity index (χ3n) is 5.42. The molecule has 1 N–H and O–H groups in total. The van der Waals surface area contributed by atoms with Crippen LogP contribution in [0.4, 0.5) is 4.79 Å². The van der Waals surface area contributed by atoms with E-state index in [9.17, 15) is 9.59 Å². The van der Waals surface area contributed by atoms with Crippen LogP contribution in [0.3, 0.4) is 0 Å². The highest BCUT2D eigenvalue weighted by atomic mass is 35.5. The second-order valence-electron chi connectivity index (χ2n) is 8.88. The van der Waals surface area contributed by atoms with E-state index in [1.165, 1.54) is 0 Å². The molecule has 30 heavy (non-hydrogen) atoms. The summed E-state index contributed by atoms with van der Waals surface area (Å²) >= 11 is 6.00. The fraction of sp³-hybridized carbons (Fsp3) is 0.522. The van der Waals surface area contributed by atoms with Crippen LogP contribution in [-0.4, -0.2) is 32.6 Å². The number of rotatable bonds is 4. The van der Waals surface area contributed by atoms with Gasteiger partial charge >= 0.3 is 6.09 Å². The number of nitrogens with zero attached hydrogens (tertiary/aromatic N) is 2. The molecule has 2 heterocycles. The van der Waals surface area contributed by atoms with Gasteiger partial charge in [0.25, 0.3) is 5.56 Å². The fourth-order valence-corrected chi connectivity index (χ4v) is 3.96. The van der Waals surface area contributed by atoms with Crippen molar-refractivity contribution in [2.45, 2.75) is 78.0 Å². The molecule has 1 amide bonds. The summed E-state index contributed by atoms with van der Waals surface area (Å²) in [5.74, 6) is 0.490. The van der Waals surface area contributed by atoms with Gasteiger partial charge in [-0.2, -0.15) is 0 Å². The standard InChI is InChI=1S/C23H30ClN3O3/c1-6-7-8-17-14(2)27(22(29)30-23(3,4)5)13-18-19(17)25-20(26-21(18)28)15-9-11-16(24)12-10-15/h9-12,14,17H,6-8,13H2,1-5H3,(H,25,26,28)/t14-,17-/m0/s1. The molecule has 1 aromatic heterocycles. The van der Waals surface area contributed by atoms with Crippen LogP contribution in [0.2, 0.25) is 5.02 Å². The zero-order valence-electron chi connectivity index (χ0n) is 18.3. The predicted molar refractivity (Wildman–Crippen MR) is 119 cm³/mol. The van der Waals surface area contributed by atoms with Crippen molar-refractivity contribution in [3.05, 3.63) is 50.9 Å². The molecule has 0 spiro atoms. The summed E-state index contributed by atoms with van der Waals surface area (Å²) in [6, 6.07) is 7.11. The molecule has 1 aliphatic rings. The number of carbonyl (C=O) groups is 1. The number of aromatic amines is 1. The lowest BCUT2D eigenvalue weighted by Gasteiger charge is -2.40. The van der Waals surface area contributed by atoms with Crippen LogP contribution in [0.25, 0.3) is 11.4 Å². The first-order valence-corrected chi connectivity index (χ1v) is 10.9. The molecular weight excluding hydrogens is 402 g/mol. The number of hydrogen-bond donors (Lipinski definition) is 1. The Hall–Kier alpha value is -2.34. The summed E-state index contributed by atoms with van der Waals surface area (Å²) in [7, 11) is 0. The van der Waals surface area contributed by atoms with E-state index in [4.69, 9.17) is 21.3 Å². The maximum absolute atomic E-state index is 13.0. The molecule has 2 atom stereocenters. The minimum absolute atomic E-state index is 0.0328. The number of halogens is 1. The molecule has 162 valence electrons. The molecule has 6 nitrogen and oxygen atoms in total. The summed E-state index contributed by atoms with van der Waals surface area (Å²) in [5, 5.41) is 0.626. The van der Waals surface area contributed by atoms with Gasteiger partial charge in [0.1, 0.15) is 11.4 Å². The van der Waals surface area contributed by atoms with Gasteiger partial charge in [-0.05, 0) is 58.4 Å². The van der Waals surface area contributed by atoms with Crippen molar-refractivity contribution < 1.29 is 9.53 Å². The summed E-state index contributed by atoms with van der Waals surface area (Å²) in [6.07, 6.45) is 2.46. The Morgan fingerprint density at radius 3 is 2.57 bits per heavy atom. The number of ether oxygens (including phenoxy) is 1. The van der Waals surface area contributed by atoms with E-state index in [2.05, 4.69) is 11.9 Å². The van der Waals surface area contributed by atoms with Crippen molar-refractivity contribution >= 4 is 17.7 Å². The smallest absolute Gasteiger partial charge is 0.410 e. The molecular formula is C23H30ClN3O3. The molecule has 7 heteroatoms. The summed E-state index contributed by atoms with van der Waals surface area (Å²) in [5.41, 5.74) is 1.31. The first kappa shape index (κ1) is 22.3. The third-order valence-corrected chi connectivity index (χ3v) is 5.67. The van der Waals surface area contributed by atoms with Gasteiger partial charge in [0.15, 0.2) is 0 Å². The van der Waals surface area contributed by atoms with Crippen LogP contribution in [0, 0.1) is 0 Å². The number of nitrogens with one attached hydrogen (secondary N) is 1. The first-order valence-electron chi connectivity index (χ1n) is 10.5. The normalized spacial score (nSPS) is 18.8. The Kier molecular flexibility index (Phi) is 6.56. The minimum Gasteiger partial charge on any atom is -0.444 e. The van der Waals surface area contributed by atoms with Gasteiger partial charge in [-0.15, -0.1) is 0 Å². The van der Waals surface area contributed by atoms with E-state index in [-0.39, 0.29) is 24.1 Å². The highest BCUT2D eigenvalue weighted by Crippen LogP contribution is 2.36. The summed E-state index contributed by atoms with van der Waals surface area (Å²) < 4.78 is 5.60. The molecule has 0 fully saturated rings. The Morgan fingerprint density at radius 1 is 1.30 bits per heavy atom. The van der Waals surface area contributed by atoms with Crippen LogP contribution in [0.1, 0.15) is 71.1 Å². The van der Waals surface area contributed by atoms with E-state index in [1.54, 1.807) is 17.0 Å². The van der Waals surface area contributed by atoms with E-state index in [0.717, 1.165) is 30.5 Å². The monoisotopic (exact) mass is 431 g/mol. The molecule has 2 aromatic rings. The largest absolute Gasteiger partial charge is 0.444 e. The van der Waals surface area contributed by atoms with Gasteiger partial charge in [-0.3, -0.25) is 4.79 Å². The van der Waals surface area contributed by atoms with Gasteiger partial charge in [-0.25, -0.2) is 9.78 Å². The Morgan fingerprint density at radius 2 is 1.97 bits per heavy atom. The summed E-state index contributed by atoms with van der Waals surface area (Å²) in [6.45, 7) is 9.86. The second kappa shape index (κ2) is 8.80. The zero-order chi connectivity index (χ0) is 22.1. The van der Waals surface area contributed by atoms with Crippen LogP contribution in [0.15, 0.2) is 29.1 Å². The molecule has 3 rings (SSSR count). The lowest BCUT2D eigenvalue weighted by molar-refractivity contribution is 0.00952. The van der Waals surface area contributed by atoms with Crippen LogP contribution >= 0.6 is 11.6 Å². The maximum atomic E-state index is 13.0. The lowest BCUT2D eigenvalue weighted by Crippen LogP contribution is -2.49.